The molecule has 3 rings (SSSR count). The Bertz CT molecular complexity index is 755. The number of anilines is 2. The summed E-state index contributed by atoms with van der Waals surface area (Å²) < 4.78 is 5.14. The SMILES string of the molecule is COc1ccc(N2C(=O)CCC2C(=O)Nc2cccc(C)c2)cc1. The van der Waals surface area contributed by atoms with E-state index in [1.54, 1.807) is 36.3 Å². The van der Waals surface area contributed by atoms with E-state index < -0.39 is 6.04 Å². The van der Waals surface area contributed by atoms with Gasteiger partial charge in [0.2, 0.25) is 11.8 Å². The van der Waals surface area contributed by atoms with E-state index in [9.17, 15) is 9.59 Å². The maximum absolute atomic E-state index is 12.6. The number of methoxy groups -OCH3 is 1. The fraction of sp³-hybridized carbons (Fsp3) is 0.263. The number of rotatable bonds is 4. The second-order valence-electron chi connectivity index (χ2n) is 5.87. The number of aryl methyl sites for hydroxylation is 1. The Morgan fingerprint density at radius 3 is 2.62 bits per heavy atom. The zero-order valence-electron chi connectivity index (χ0n) is 13.8. The minimum atomic E-state index is -0.494. The van der Waals surface area contributed by atoms with Gasteiger partial charge in [0.05, 0.1) is 7.11 Å². The molecule has 0 bridgehead atoms. The first kappa shape index (κ1) is 16.1. The Balaban J connectivity index is 1.80. The molecule has 0 aromatic heterocycles. The molecule has 0 radical (unpaired) electrons. The normalized spacial score (nSPS) is 17.0. The first-order valence-electron chi connectivity index (χ1n) is 7.92. The molecule has 0 saturated carbocycles. The highest BCUT2D eigenvalue weighted by atomic mass is 16.5. The number of carbonyl (C=O) groups excluding carboxylic acids is 2. The predicted octanol–water partition coefficient (Wildman–Crippen LogP) is 3.14. The Labute approximate surface area is 141 Å². The molecule has 2 aromatic rings. The third-order valence-electron chi connectivity index (χ3n) is 4.15. The highest BCUT2D eigenvalue weighted by molar-refractivity contribution is 6.07. The van der Waals surface area contributed by atoms with Crippen molar-refractivity contribution < 1.29 is 14.3 Å². The van der Waals surface area contributed by atoms with Gasteiger partial charge < -0.3 is 10.1 Å². The molecule has 124 valence electrons. The minimum absolute atomic E-state index is 0.0374. The van der Waals surface area contributed by atoms with Crippen LogP contribution in [0.4, 0.5) is 11.4 Å². The Morgan fingerprint density at radius 2 is 1.96 bits per heavy atom. The number of nitrogens with one attached hydrogen (secondary N) is 1. The van der Waals surface area contributed by atoms with Crippen molar-refractivity contribution in [2.45, 2.75) is 25.8 Å². The Kier molecular flexibility index (Phi) is 4.51. The largest absolute Gasteiger partial charge is 0.497 e. The van der Waals surface area contributed by atoms with Gasteiger partial charge >= 0.3 is 0 Å². The summed E-state index contributed by atoms with van der Waals surface area (Å²) in [5, 5.41) is 2.91. The van der Waals surface area contributed by atoms with Crippen LogP contribution in [0.3, 0.4) is 0 Å². The smallest absolute Gasteiger partial charge is 0.247 e. The molecule has 2 amide bonds. The second kappa shape index (κ2) is 6.74. The lowest BCUT2D eigenvalue weighted by molar-refractivity contribution is -0.120. The lowest BCUT2D eigenvalue weighted by atomic mass is 10.1. The van der Waals surface area contributed by atoms with Crippen molar-refractivity contribution in [2.24, 2.45) is 0 Å². The molecule has 1 N–H and O–H groups in total. The van der Waals surface area contributed by atoms with Gasteiger partial charge in [0.15, 0.2) is 0 Å². The van der Waals surface area contributed by atoms with Crippen molar-refractivity contribution in [2.75, 3.05) is 17.3 Å². The average Bonchev–Trinajstić information content (AvgIpc) is 2.97. The van der Waals surface area contributed by atoms with Crippen LogP contribution in [0.15, 0.2) is 48.5 Å². The predicted molar refractivity (Wildman–Crippen MR) is 93.3 cm³/mol. The zero-order chi connectivity index (χ0) is 17.1. The molecule has 24 heavy (non-hydrogen) atoms. The standard InChI is InChI=1S/C19H20N2O3/c1-13-4-3-5-14(12-13)20-19(23)17-10-11-18(22)21(17)15-6-8-16(24-2)9-7-15/h3-9,12,17H,10-11H2,1-2H3,(H,20,23). The van der Waals surface area contributed by atoms with Crippen LogP contribution in [-0.4, -0.2) is 25.0 Å². The van der Waals surface area contributed by atoms with E-state index in [1.807, 2.05) is 31.2 Å². The maximum Gasteiger partial charge on any atom is 0.247 e. The molecule has 1 aliphatic heterocycles. The van der Waals surface area contributed by atoms with Crippen molar-refractivity contribution in [3.05, 3.63) is 54.1 Å². The lowest BCUT2D eigenvalue weighted by Gasteiger charge is -2.24. The van der Waals surface area contributed by atoms with Crippen LogP contribution in [0.5, 0.6) is 5.75 Å². The molecule has 1 aliphatic rings. The Morgan fingerprint density at radius 1 is 1.21 bits per heavy atom. The molecule has 5 nitrogen and oxygen atoms in total. The van der Waals surface area contributed by atoms with Crippen molar-refractivity contribution >= 4 is 23.2 Å². The molecule has 0 aliphatic carbocycles. The molecule has 0 spiro atoms. The van der Waals surface area contributed by atoms with Crippen LogP contribution in [0.2, 0.25) is 0 Å². The van der Waals surface area contributed by atoms with Crippen LogP contribution in [0.1, 0.15) is 18.4 Å². The van der Waals surface area contributed by atoms with Crippen LogP contribution in [-0.2, 0) is 9.59 Å². The maximum atomic E-state index is 12.6. The second-order valence-corrected chi connectivity index (χ2v) is 5.87. The van der Waals surface area contributed by atoms with Crippen molar-refractivity contribution in [1.82, 2.24) is 0 Å². The Hall–Kier alpha value is -2.82. The van der Waals surface area contributed by atoms with E-state index in [4.69, 9.17) is 4.74 Å². The monoisotopic (exact) mass is 324 g/mol. The number of benzene rings is 2. The van der Waals surface area contributed by atoms with Gasteiger partial charge in [-0.2, -0.15) is 0 Å². The van der Waals surface area contributed by atoms with Gasteiger partial charge in [-0.1, -0.05) is 12.1 Å². The number of nitrogens with zero attached hydrogens (tertiary/aromatic N) is 1. The third kappa shape index (κ3) is 3.25. The van der Waals surface area contributed by atoms with E-state index in [0.29, 0.717) is 24.3 Å². The van der Waals surface area contributed by atoms with Crippen LogP contribution in [0, 0.1) is 6.92 Å². The van der Waals surface area contributed by atoms with Gasteiger partial charge in [-0.05, 0) is 55.3 Å². The van der Waals surface area contributed by atoms with Gasteiger partial charge in [0, 0.05) is 17.8 Å². The summed E-state index contributed by atoms with van der Waals surface area (Å²) in [6, 6.07) is 14.3. The van der Waals surface area contributed by atoms with Crippen LogP contribution in [0.25, 0.3) is 0 Å². The third-order valence-corrected chi connectivity index (χ3v) is 4.15. The van der Waals surface area contributed by atoms with Crippen molar-refractivity contribution in [3.8, 4) is 5.75 Å². The van der Waals surface area contributed by atoms with Gasteiger partial charge in [-0.3, -0.25) is 14.5 Å². The minimum Gasteiger partial charge on any atom is -0.497 e. The quantitative estimate of drug-likeness (QED) is 0.940. The summed E-state index contributed by atoms with van der Waals surface area (Å²) in [7, 11) is 1.59. The summed E-state index contributed by atoms with van der Waals surface area (Å²) in [4.78, 5) is 26.5. The molecule has 1 fully saturated rings. The van der Waals surface area contributed by atoms with Gasteiger partial charge in [0.25, 0.3) is 0 Å². The highest BCUT2D eigenvalue weighted by Gasteiger charge is 2.37. The highest BCUT2D eigenvalue weighted by Crippen LogP contribution is 2.29. The average molecular weight is 324 g/mol. The zero-order valence-corrected chi connectivity index (χ0v) is 13.8. The molecule has 5 heteroatoms. The molecule has 1 unspecified atom stereocenters. The molecular weight excluding hydrogens is 304 g/mol. The van der Waals surface area contributed by atoms with Crippen LogP contribution >= 0.6 is 0 Å². The van der Waals surface area contributed by atoms with Crippen LogP contribution < -0.4 is 15.0 Å². The van der Waals surface area contributed by atoms with E-state index >= 15 is 0 Å². The molecule has 1 heterocycles. The van der Waals surface area contributed by atoms with Crippen molar-refractivity contribution in [3.63, 3.8) is 0 Å². The number of carbonyl (C=O) groups is 2. The first-order valence-corrected chi connectivity index (χ1v) is 7.92. The topological polar surface area (TPSA) is 58.6 Å². The number of hydrogen-bond acceptors (Lipinski definition) is 3. The summed E-state index contributed by atoms with van der Waals surface area (Å²) >= 11 is 0. The van der Waals surface area contributed by atoms with Gasteiger partial charge in [-0.15, -0.1) is 0 Å². The summed E-state index contributed by atoms with van der Waals surface area (Å²) in [5.74, 6) is 0.512. The summed E-state index contributed by atoms with van der Waals surface area (Å²) in [6.45, 7) is 1.97. The fourth-order valence-corrected chi connectivity index (χ4v) is 2.95. The van der Waals surface area contributed by atoms with Crippen molar-refractivity contribution in [1.29, 1.82) is 0 Å². The number of hydrogen-bond donors (Lipinski definition) is 1. The lowest BCUT2D eigenvalue weighted by Crippen LogP contribution is -2.41. The van der Waals surface area contributed by atoms with E-state index in [0.717, 1.165) is 11.3 Å². The fourth-order valence-electron chi connectivity index (χ4n) is 2.95. The number of amides is 2. The van der Waals surface area contributed by atoms with E-state index in [-0.39, 0.29) is 11.8 Å². The molecule has 2 aromatic carbocycles. The van der Waals surface area contributed by atoms with E-state index in [1.165, 1.54) is 0 Å². The number of ether oxygens (including phenoxy) is 1. The summed E-state index contributed by atoms with van der Waals surface area (Å²) in [6.07, 6.45) is 0.889. The molecule has 1 saturated heterocycles. The van der Waals surface area contributed by atoms with Gasteiger partial charge in [0.1, 0.15) is 11.8 Å². The van der Waals surface area contributed by atoms with Gasteiger partial charge in [-0.25, -0.2) is 0 Å². The molecule has 1 atom stereocenters. The molecular formula is C19H20N2O3. The van der Waals surface area contributed by atoms with E-state index in [2.05, 4.69) is 5.32 Å². The first-order chi connectivity index (χ1) is 11.6. The summed E-state index contributed by atoms with van der Waals surface area (Å²) in [5.41, 5.74) is 2.53.